The average Bonchev–Trinajstić information content (AvgIpc) is 2.98. The topological polar surface area (TPSA) is 74.5 Å². The lowest BCUT2D eigenvalue weighted by atomic mass is 9.99. The molecule has 7 heteroatoms. The van der Waals surface area contributed by atoms with Crippen molar-refractivity contribution in [2.75, 3.05) is 19.6 Å². The fraction of sp³-hybridized carbons (Fsp3) is 0.778. The van der Waals surface area contributed by atoms with E-state index in [2.05, 4.69) is 67.6 Å². The molecule has 25 heavy (non-hydrogen) atoms. The Kier molecular flexibility index (Phi) is 12.1. The SMILES string of the molecule is CCNC(=NCc1cc(C(CC)CC)no1)NCCNC(C)(C)C.I. The van der Waals surface area contributed by atoms with Crippen molar-refractivity contribution in [2.45, 2.75) is 72.4 Å². The van der Waals surface area contributed by atoms with Crippen LogP contribution in [0, 0.1) is 0 Å². The largest absolute Gasteiger partial charge is 0.359 e. The fourth-order valence-electron chi connectivity index (χ4n) is 2.42. The second kappa shape index (κ2) is 12.5. The summed E-state index contributed by atoms with van der Waals surface area (Å²) in [7, 11) is 0. The summed E-state index contributed by atoms with van der Waals surface area (Å²) in [4.78, 5) is 4.57. The Morgan fingerprint density at radius 3 is 2.40 bits per heavy atom. The number of aliphatic imine (C=N–C) groups is 1. The smallest absolute Gasteiger partial charge is 0.191 e. The van der Waals surface area contributed by atoms with E-state index in [0.29, 0.717) is 12.5 Å². The Balaban J connectivity index is 0.00000576. The zero-order valence-corrected chi connectivity index (χ0v) is 18.9. The van der Waals surface area contributed by atoms with Crippen molar-refractivity contribution in [3.8, 4) is 0 Å². The Labute approximate surface area is 170 Å². The van der Waals surface area contributed by atoms with E-state index in [0.717, 1.165) is 49.9 Å². The third-order valence-electron chi connectivity index (χ3n) is 3.79. The first-order chi connectivity index (χ1) is 11.4. The van der Waals surface area contributed by atoms with Gasteiger partial charge in [0.05, 0.1) is 5.69 Å². The van der Waals surface area contributed by atoms with Gasteiger partial charge in [-0.2, -0.15) is 0 Å². The molecule has 0 radical (unpaired) electrons. The van der Waals surface area contributed by atoms with Gasteiger partial charge in [0.25, 0.3) is 0 Å². The molecule has 1 aromatic heterocycles. The molecule has 0 aliphatic heterocycles. The van der Waals surface area contributed by atoms with Crippen LogP contribution in [0.15, 0.2) is 15.6 Å². The molecular weight excluding hydrogens is 429 g/mol. The minimum absolute atomic E-state index is 0. The van der Waals surface area contributed by atoms with Gasteiger partial charge in [-0.15, -0.1) is 24.0 Å². The van der Waals surface area contributed by atoms with Crippen LogP contribution < -0.4 is 16.0 Å². The van der Waals surface area contributed by atoms with Crippen LogP contribution in [0.2, 0.25) is 0 Å². The molecule has 0 aliphatic carbocycles. The maximum absolute atomic E-state index is 5.42. The maximum atomic E-state index is 5.42. The quantitative estimate of drug-likeness (QED) is 0.225. The lowest BCUT2D eigenvalue weighted by Gasteiger charge is -2.21. The molecule has 0 fully saturated rings. The first-order valence-electron chi connectivity index (χ1n) is 9.12. The van der Waals surface area contributed by atoms with Gasteiger partial charge in [-0.25, -0.2) is 4.99 Å². The van der Waals surface area contributed by atoms with Crippen LogP contribution in [0.1, 0.15) is 71.8 Å². The highest BCUT2D eigenvalue weighted by molar-refractivity contribution is 14.0. The molecule has 146 valence electrons. The van der Waals surface area contributed by atoms with Crippen molar-refractivity contribution in [2.24, 2.45) is 4.99 Å². The van der Waals surface area contributed by atoms with E-state index in [1.807, 2.05) is 6.07 Å². The average molecular weight is 465 g/mol. The minimum atomic E-state index is 0. The van der Waals surface area contributed by atoms with Gasteiger partial charge in [0.1, 0.15) is 6.54 Å². The number of guanidine groups is 1. The van der Waals surface area contributed by atoms with Gasteiger partial charge in [0.2, 0.25) is 0 Å². The normalized spacial score (nSPS) is 12.2. The van der Waals surface area contributed by atoms with Gasteiger partial charge >= 0.3 is 0 Å². The summed E-state index contributed by atoms with van der Waals surface area (Å²) in [6.45, 7) is 15.9. The maximum Gasteiger partial charge on any atom is 0.191 e. The van der Waals surface area contributed by atoms with Crippen LogP contribution in [0.3, 0.4) is 0 Å². The van der Waals surface area contributed by atoms with Gasteiger partial charge in [0.15, 0.2) is 11.7 Å². The lowest BCUT2D eigenvalue weighted by molar-refractivity contribution is 0.372. The Bertz CT molecular complexity index is 492. The van der Waals surface area contributed by atoms with E-state index in [1.54, 1.807) is 0 Å². The molecule has 0 aromatic carbocycles. The second-order valence-electron chi connectivity index (χ2n) is 7.03. The molecule has 0 amide bonds. The Hall–Kier alpha value is -0.830. The minimum Gasteiger partial charge on any atom is -0.359 e. The molecule has 0 aliphatic rings. The van der Waals surface area contributed by atoms with Crippen molar-refractivity contribution in [3.63, 3.8) is 0 Å². The number of nitrogens with zero attached hydrogens (tertiary/aromatic N) is 2. The molecule has 0 atom stereocenters. The molecule has 3 N–H and O–H groups in total. The van der Waals surface area contributed by atoms with E-state index in [-0.39, 0.29) is 29.5 Å². The monoisotopic (exact) mass is 465 g/mol. The number of hydrogen-bond donors (Lipinski definition) is 3. The first-order valence-corrected chi connectivity index (χ1v) is 9.12. The molecule has 1 heterocycles. The summed E-state index contributed by atoms with van der Waals surface area (Å²) in [6.07, 6.45) is 2.16. The summed E-state index contributed by atoms with van der Waals surface area (Å²) >= 11 is 0. The van der Waals surface area contributed by atoms with Crippen molar-refractivity contribution in [1.29, 1.82) is 0 Å². The summed E-state index contributed by atoms with van der Waals surface area (Å²) in [6, 6.07) is 2.03. The summed E-state index contributed by atoms with van der Waals surface area (Å²) in [5.41, 5.74) is 1.17. The van der Waals surface area contributed by atoms with E-state index in [4.69, 9.17) is 4.52 Å². The fourth-order valence-corrected chi connectivity index (χ4v) is 2.42. The molecule has 0 bridgehead atoms. The van der Waals surface area contributed by atoms with E-state index in [1.165, 1.54) is 0 Å². The van der Waals surface area contributed by atoms with Crippen LogP contribution in [0.5, 0.6) is 0 Å². The Morgan fingerprint density at radius 1 is 1.16 bits per heavy atom. The van der Waals surface area contributed by atoms with Crippen LogP contribution in [0.25, 0.3) is 0 Å². The van der Waals surface area contributed by atoms with Crippen molar-refractivity contribution >= 4 is 29.9 Å². The second-order valence-corrected chi connectivity index (χ2v) is 7.03. The number of nitrogens with one attached hydrogen (secondary N) is 3. The van der Waals surface area contributed by atoms with Gasteiger partial charge in [-0.1, -0.05) is 19.0 Å². The molecule has 0 unspecified atom stereocenters. The van der Waals surface area contributed by atoms with Crippen LogP contribution in [0.4, 0.5) is 0 Å². The number of hydrogen-bond acceptors (Lipinski definition) is 4. The van der Waals surface area contributed by atoms with Gasteiger partial charge in [0, 0.05) is 37.2 Å². The highest BCUT2D eigenvalue weighted by atomic mass is 127. The highest BCUT2D eigenvalue weighted by Gasteiger charge is 2.13. The summed E-state index contributed by atoms with van der Waals surface area (Å²) in [5, 5.41) is 14.2. The first kappa shape index (κ1) is 24.2. The van der Waals surface area contributed by atoms with Crippen LogP contribution in [-0.2, 0) is 6.54 Å². The predicted molar refractivity (Wildman–Crippen MR) is 116 cm³/mol. The van der Waals surface area contributed by atoms with Gasteiger partial charge < -0.3 is 20.5 Å². The molecule has 6 nitrogen and oxygen atoms in total. The molecule has 0 saturated heterocycles. The van der Waals surface area contributed by atoms with E-state index >= 15 is 0 Å². The zero-order chi connectivity index (χ0) is 18.0. The van der Waals surface area contributed by atoms with E-state index in [9.17, 15) is 0 Å². The molecule has 0 spiro atoms. The summed E-state index contributed by atoms with van der Waals surface area (Å²) in [5.74, 6) is 2.08. The standard InChI is InChI=1S/C18H35N5O.HI/c1-7-14(8-2)16-12-15(24-23-16)13-21-17(19-9-3)20-10-11-22-18(4,5)6;/h12,14,22H,7-11,13H2,1-6H3,(H2,19,20,21);1H. The number of halogens is 1. The lowest BCUT2D eigenvalue weighted by Crippen LogP contribution is -2.44. The van der Waals surface area contributed by atoms with E-state index < -0.39 is 0 Å². The number of rotatable bonds is 9. The molecule has 1 rings (SSSR count). The number of aromatic nitrogens is 1. The molecule has 0 saturated carbocycles. The van der Waals surface area contributed by atoms with Crippen molar-refractivity contribution < 1.29 is 4.52 Å². The van der Waals surface area contributed by atoms with Gasteiger partial charge in [-0.3, -0.25) is 0 Å². The van der Waals surface area contributed by atoms with Crippen molar-refractivity contribution in [3.05, 3.63) is 17.5 Å². The third-order valence-corrected chi connectivity index (χ3v) is 3.79. The van der Waals surface area contributed by atoms with Crippen LogP contribution in [-0.4, -0.2) is 36.3 Å². The van der Waals surface area contributed by atoms with Gasteiger partial charge in [-0.05, 0) is 40.5 Å². The summed E-state index contributed by atoms with van der Waals surface area (Å²) < 4.78 is 5.42. The Morgan fingerprint density at radius 2 is 1.84 bits per heavy atom. The molecule has 1 aromatic rings. The highest BCUT2D eigenvalue weighted by Crippen LogP contribution is 2.22. The van der Waals surface area contributed by atoms with Crippen molar-refractivity contribution in [1.82, 2.24) is 21.1 Å². The van der Waals surface area contributed by atoms with Crippen LogP contribution >= 0.6 is 24.0 Å². The predicted octanol–water partition coefficient (Wildman–Crippen LogP) is 3.64. The zero-order valence-electron chi connectivity index (χ0n) is 16.6. The molecular formula is C18H36IN5O. The third kappa shape index (κ3) is 10.0.